The normalized spacial score (nSPS) is 23.5. The Morgan fingerprint density at radius 1 is 1.08 bits per heavy atom. The zero-order chi connectivity index (χ0) is 17.1. The predicted molar refractivity (Wildman–Crippen MR) is 95.5 cm³/mol. The first-order valence-electron chi connectivity index (χ1n) is 8.69. The fraction of sp³-hybridized carbons (Fsp3) is 0.421. The van der Waals surface area contributed by atoms with Crippen LogP contribution >= 0.6 is 0 Å². The van der Waals surface area contributed by atoms with Gasteiger partial charge in [0.1, 0.15) is 5.60 Å². The lowest BCUT2D eigenvalue weighted by Crippen LogP contribution is -2.60. The van der Waals surface area contributed by atoms with Crippen LogP contribution in [-0.4, -0.2) is 48.4 Å². The molecule has 25 heavy (non-hydrogen) atoms. The van der Waals surface area contributed by atoms with E-state index in [0.717, 1.165) is 50.7 Å². The molecular formula is C19H21N5O. The number of anilines is 2. The Hall–Kier alpha value is -2.65. The Morgan fingerprint density at radius 3 is 2.76 bits per heavy atom. The maximum Gasteiger partial charge on any atom is 0.225 e. The summed E-state index contributed by atoms with van der Waals surface area (Å²) in [6, 6.07) is 11.9. The molecule has 2 aromatic rings. The van der Waals surface area contributed by atoms with Crippen molar-refractivity contribution >= 4 is 11.6 Å². The molecule has 2 aliphatic rings. The number of benzene rings is 1. The number of ether oxygens (including phenoxy) is 1. The van der Waals surface area contributed by atoms with Gasteiger partial charge in [0.2, 0.25) is 5.95 Å². The first-order valence-corrected chi connectivity index (χ1v) is 8.69. The molecule has 3 heterocycles. The van der Waals surface area contributed by atoms with Crippen molar-refractivity contribution in [2.45, 2.75) is 18.4 Å². The average molecular weight is 335 g/mol. The van der Waals surface area contributed by atoms with Gasteiger partial charge in [0, 0.05) is 37.7 Å². The molecule has 1 aromatic heterocycles. The molecule has 1 spiro atoms. The maximum absolute atomic E-state index is 9.15. The summed E-state index contributed by atoms with van der Waals surface area (Å²) >= 11 is 0. The molecule has 0 N–H and O–H groups in total. The van der Waals surface area contributed by atoms with E-state index in [1.165, 1.54) is 0 Å². The van der Waals surface area contributed by atoms with Gasteiger partial charge in [-0.25, -0.2) is 9.97 Å². The van der Waals surface area contributed by atoms with Gasteiger partial charge in [-0.3, -0.25) is 0 Å². The minimum atomic E-state index is -0.210. The molecule has 6 nitrogen and oxygen atoms in total. The summed E-state index contributed by atoms with van der Waals surface area (Å²) in [6.07, 6.45) is 5.67. The summed E-state index contributed by atoms with van der Waals surface area (Å²) in [7, 11) is 0. The van der Waals surface area contributed by atoms with E-state index < -0.39 is 0 Å². The highest BCUT2D eigenvalue weighted by Crippen LogP contribution is 2.32. The Balaban J connectivity index is 1.54. The fourth-order valence-corrected chi connectivity index (χ4v) is 3.81. The number of morpholine rings is 1. The average Bonchev–Trinajstić information content (AvgIpc) is 2.69. The van der Waals surface area contributed by atoms with Crippen LogP contribution in [0.4, 0.5) is 11.6 Å². The Kier molecular flexibility index (Phi) is 4.24. The zero-order valence-corrected chi connectivity index (χ0v) is 14.1. The summed E-state index contributed by atoms with van der Waals surface area (Å²) in [5, 5.41) is 9.15. The van der Waals surface area contributed by atoms with Gasteiger partial charge in [0.15, 0.2) is 0 Å². The van der Waals surface area contributed by atoms with Gasteiger partial charge in [-0.1, -0.05) is 6.07 Å². The minimum Gasteiger partial charge on any atom is -0.369 e. The van der Waals surface area contributed by atoms with Crippen LogP contribution in [0.25, 0.3) is 0 Å². The highest BCUT2D eigenvalue weighted by molar-refractivity contribution is 5.52. The first-order chi connectivity index (χ1) is 12.3. The third-order valence-corrected chi connectivity index (χ3v) is 4.96. The second kappa shape index (κ2) is 6.69. The monoisotopic (exact) mass is 335 g/mol. The van der Waals surface area contributed by atoms with Gasteiger partial charge in [-0.05, 0) is 37.1 Å². The molecule has 1 unspecified atom stereocenters. The van der Waals surface area contributed by atoms with E-state index in [2.05, 4.69) is 31.9 Å². The molecular weight excluding hydrogens is 314 g/mol. The maximum atomic E-state index is 9.15. The van der Waals surface area contributed by atoms with Crippen molar-refractivity contribution in [1.29, 1.82) is 5.26 Å². The molecule has 1 aromatic carbocycles. The highest BCUT2D eigenvalue weighted by atomic mass is 16.5. The standard InChI is InChI=1S/C19H21N5O/c20-13-16-4-1-5-17(12-16)23-9-2-6-19(14-23)15-24(10-11-25-19)18-21-7-3-8-22-18/h1,3-5,7-8,12H,2,6,9-11,14-15H2. The highest BCUT2D eigenvalue weighted by Gasteiger charge is 2.41. The van der Waals surface area contributed by atoms with Crippen molar-refractivity contribution in [2.75, 3.05) is 42.6 Å². The smallest absolute Gasteiger partial charge is 0.225 e. The van der Waals surface area contributed by atoms with Crippen LogP contribution in [0.3, 0.4) is 0 Å². The predicted octanol–water partition coefficient (Wildman–Crippen LogP) is 2.22. The fourth-order valence-electron chi connectivity index (χ4n) is 3.81. The lowest BCUT2D eigenvalue weighted by Gasteiger charge is -2.48. The van der Waals surface area contributed by atoms with E-state index in [1.54, 1.807) is 12.4 Å². The van der Waals surface area contributed by atoms with E-state index in [-0.39, 0.29) is 5.60 Å². The molecule has 128 valence electrons. The molecule has 0 aliphatic carbocycles. The van der Waals surface area contributed by atoms with E-state index in [4.69, 9.17) is 10.00 Å². The number of hydrogen-bond acceptors (Lipinski definition) is 6. The van der Waals surface area contributed by atoms with Crippen LogP contribution in [0.5, 0.6) is 0 Å². The molecule has 0 radical (unpaired) electrons. The lowest BCUT2D eigenvalue weighted by molar-refractivity contribution is -0.0632. The number of rotatable bonds is 2. The molecule has 0 saturated carbocycles. The van der Waals surface area contributed by atoms with Crippen LogP contribution in [0.15, 0.2) is 42.7 Å². The number of hydrogen-bond donors (Lipinski definition) is 0. The molecule has 4 rings (SSSR count). The molecule has 0 bridgehead atoms. The van der Waals surface area contributed by atoms with Gasteiger partial charge in [-0.2, -0.15) is 5.26 Å². The summed E-state index contributed by atoms with van der Waals surface area (Å²) in [4.78, 5) is 13.3. The van der Waals surface area contributed by atoms with Crippen molar-refractivity contribution in [3.05, 3.63) is 48.3 Å². The van der Waals surface area contributed by atoms with Crippen molar-refractivity contribution < 1.29 is 4.74 Å². The van der Waals surface area contributed by atoms with Gasteiger partial charge in [0.05, 0.1) is 24.8 Å². The van der Waals surface area contributed by atoms with E-state index in [1.807, 2.05) is 24.3 Å². The summed E-state index contributed by atoms with van der Waals surface area (Å²) in [5.41, 5.74) is 1.58. The molecule has 0 amide bonds. The largest absolute Gasteiger partial charge is 0.369 e. The molecule has 2 aliphatic heterocycles. The summed E-state index contributed by atoms with van der Waals surface area (Å²) in [6.45, 7) is 4.11. The lowest BCUT2D eigenvalue weighted by atomic mass is 9.90. The zero-order valence-electron chi connectivity index (χ0n) is 14.1. The van der Waals surface area contributed by atoms with E-state index in [0.29, 0.717) is 12.2 Å². The molecule has 6 heteroatoms. The third-order valence-electron chi connectivity index (χ3n) is 4.96. The van der Waals surface area contributed by atoms with Crippen LogP contribution in [0.1, 0.15) is 18.4 Å². The summed E-state index contributed by atoms with van der Waals surface area (Å²) < 4.78 is 6.26. The van der Waals surface area contributed by atoms with Gasteiger partial charge in [-0.15, -0.1) is 0 Å². The van der Waals surface area contributed by atoms with Gasteiger partial charge < -0.3 is 14.5 Å². The quantitative estimate of drug-likeness (QED) is 0.838. The van der Waals surface area contributed by atoms with Crippen LogP contribution < -0.4 is 9.80 Å². The molecule has 2 fully saturated rings. The third kappa shape index (κ3) is 3.28. The second-order valence-corrected chi connectivity index (χ2v) is 6.69. The molecule has 1 atom stereocenters. The number of aromatic nitrogens is 2. The SMILES string of the molecule is N#Cc1cccc(N2CCCC3(C2)CN(c2ncccn2)CCO3)c1. The van der Waals surface area contributed by atoms with E-state index >= 15 is 0 Å². The van der Waals surface area contributed by atoms with Crippen molar-refractivity contribution in [3.8, 4) is 6.07 Å². The second-order valence-electron chi connectivity index (χ2n) is 6.69. The Morgan fingerprint density at radius 2 is 1.92 bits per heavy atom. The topological polar surface area (TPSA) is 65.3 Å². The van der Waals surface area contributed by atoms with Crippen LogP contribution in [0, 0.1) is 11.3 Å². The minimum absolute atomic E-state index is 0.210. The van der Waals surface area contributed by atoms with Gasteiger partial charge >= 0.3 is 0 Å². The number of nitriles is 1. The van der Waals surface area contributed by atoms with Crippen molar-refractivity contribution in [1.82, 2.24) is 9.97 Å². The van der Waals surface area contributed by atoms with Crippen LogP contribution in [0.2, 0.25) is 0 Å². The number of piperidine rings is 1. The van der Waals surface area contributed by atoms with Crippen molar-refractivity contribution in [3.63, 3.8) is 0 Å². The summed E-state index contributed by atoms with van der Waals surface area (Å²) in [5.74, 6) is 0.772. The van der Waals surface area contributed by atoms with Gasteiger partial charge in [0.25, 0.3) is 0 Å². The van der Waals surface area contributed by atoms with Crippen LogP contribution in [-0.2, 0) is 4.74 Å². The molecule has 2 saturated heterocycles. The number of nitrogens with zero attached hydrogens (tertiary/aromatic N) is 5. The van der Waals surface area contributed by atoms with E-state index in [9.17, 15) is 0 Å². The van der Waals surface area contributed by atoms with Crippen molar-refractivity contribution in [2.24, 2.45) is 0 Å². The Labute approximate surface area is 147 Å². The Bertz CT molecular complexity index is 771. The first kappa shape index (κ1) is 15.9.